The molecule has 1 amide bonds. The summed E-state index contributed by atoms with van der Waals surface area (Å²) in [6, 6.07) is 0. The van der Waals surface area contributed by atoms with Crippen molar-refractivity contribution in [3.8, 4) is 0 Å². The Bertz CT molecular complexity index is 355. The Balaban J connectivity index is 1.56. The Morgan fingerprint density at radius 1 is 1.35 bits per heavy atom. The lowest BCUT2D eigenvalue weighted by molar-refractivity contribution is -0.117. The minimum absolute atomic E-state index is 0.0257. The predicted molar refractivity (Wildman–Crippen MR) is 69.1 cm³/mol. The maximum Gasteiger partial charge on any atom is 0.260 e. The average Bonchev–Trinajstić information content (AvgIpc) is 2.96. The zero-order valence-corrected chi connectivity index (χ0v) is 10.8. The molecule has 2 bridgehead atoms. The van der Waals surface area contributed by atoms with E-state index < -0.39 is 0 Å². The molecule has 1 heterocycles. The first-order chi connectivity index (χ1) is 8.26. The van der Waals surface area contributed by atoms with Gasteiger partial charge >= 0.3 is 0 Å². The molecule has 3 nitrogen and oxygen atoms in total. The summed E-state index contributed by atoms with van der Waals surface area (Å²) in [5, 5.41) is 9.81. The van der Waals surface area contributed by atoms with Gasteiger partial charge in [-0.05, 0) is 49.9 Å². The maximum absolute atomic E-state index is 11.6. The van der Waals surface area contributed by atoms with Gasteiger partial charge in [-0.15, -0.1) is 0 Å². The molecule has 0 radical (unpaired) electrons. The number of nitrogens with zero attached hydrogens (tertiary/aromatic N) is 1. The van der Waals surface area contributed by atoms with Crippen molar-refractivity contribution < 1.29 is 9.90 Å². The van der Waals surface area contributed by atoms with E-state index in [0.717, 1.165) is 29.2 Å². The summed E-state index contributed by atoms with van der Waals surface area (Å²) in [6.07, 6.45) is 7.14. The fourth-order valence-electron chi connectivity index (χ4n) is 3.68. The molecule has 94 valence electrons. The fourth-order valence-corrected chi connectivity index (χ4v) is 4.84. The molecule has 0 saturated heterocycles. The van der Waals surface area contributed by atoms with Gasteiger partial charge in [0.15, 0.2) is 0 Å². The van der Waals surface area contributed by atoms with Crippen molar-refractivity contribution in [2.75, 3.05) is 6.61 Å². The molecule has 4 atom stereocenters. The Hall–Kier alpha value is -0.350. The van der Waals surface area contributed by atoms with Crippen LogP contribution in [0.25, 0.3) is 0 Å². The molecule has 2 saturated carbocycles. The van der Waals surface area contributed by atoms with Crippen LogP contribution in [0.1, 0.15) is 38.5 Å². The highest BCUT2D eigenvalue weighted by molar-refractivity contribution is 8.15. The number of rotatable bonds is 4. The number of aliphatic hydroxyl groups excluding tert-OH is 1. The van der Waals surface area contributed by atoms with Crippen LogP contribution in [0.5, 0.6) is 0 Å². The summed E-state index contributed by atoms with van der Waals surface area (Å²) >= 11 is 1.60. The van der Waals surface area contributed by atoms with Crippen LogP contribution in [0.15, 0.2) is 4.99 Å². The van der Waals surface area contributed by atoms with Gasteiger partial charge in [0.1, 0.15) is 0 Å². The van der Waals surface area contributed by atoms with Crippen molar-refractivity contribution in [3.63, 3.8) is 0 Å². The van der Waals surface area contributed by atoms with Crippen molar-refractivity contribution in [1.29, 1.82) is 0 Å². The summed E-state index contributed by atoms with van der Waals surface area (Å²) < 4.78 is 0. The number of hydrogen-bond donors (Lipinski definition) is 1. The van der Waals surface area contributed by atoms with E-state index in [2.05, 4.69) is 4.99 Å². The number of carbonyl (C=O) groups is 1. The SMILES string of the molecule is O=C1N=C(CC2CC3CCC2C3)SC1CCO. The molecule has 0 spiro atoms. The normalized spacial score (nSPS) is 40.1. The van der Waals surface area contributed by atoms with Crippen LogP contribution in [0.2, 0.25) is 0 Å². The second kappa shape index (κ2) is 4.73. The van der Waals surface area contributed by atoms with E-state index in [1.54, 1.807) is 11.8 Å². The molecule has 2 fully saturated rings. The van der Waals surface area contributed by atoms with Gasteiger partial charge in [0.25, 0.3) is 5.91 Å². The van der Waals surface area contributed by atoms with Crippen molar-refractivity contribution in [1.82, 2.24) is 0 Å². The minimum atomic E-state index is -0.103. The van der Waals surface area contributed by atoms with Crippen LogP contribution in [-0.2, 0) is 4.79 Å². The quantitative estimate of drug-likeness (QED) is 0.836. The molecule has 0 aromatic rings. The van der Waals surface area contributed by atoms with Crippen LogP contribution in [0.4, 0.5) is 0 Å². The topological polar surface area (TPSA) is 49.7 Å². The second-order valence-corrected chi connectivity index (χ2v) is 6.88. The largest absolute Gasteiger partial charge is 0.396 e. The number of aliphatic hydroxyl groups is 1. The molecule has 17 heavy (non-hydrogen) atoms. The van der Waals surface area contributed by atoms with E-state index in [0.29, 0.717) is 6.42 Å². The van der Waals surface area contributed by atoms with Crippen LogP contribution < -0.4 is 0 Å². The molecular weight excluding hydrogens is 234 g/mol. The lowest BCUT2D eigenvalue weighted by atomic mass is 9.87. The highest BCUT2D eigenvalue weighted by Crippen LogP contribution is 2.50. The monoisotopic (exact) mass is 253 g/mol. The Kier molecular flexibility index (Phi) is 3.26. The predicted octanol–water partition coefficient (Wildman–Crippen LogP) is 2.24. The Labute approximate surface area is 106 Å². The number of carbonyl (C=O) groups excluding carboxylic acids is 1. The van der Waals surface area contributed by atoms with Crippen LogP contribution >= 0.6 is 11.8 Å². The number of amides is 1. The van der Waals surface area contributed by atoms with E-state index in [-0.39, 0.29) is 17.8 Å². The van der Waals surface area contributed by atoms with Gasteiger partial charge in [-0.3, -0.25) is 4.79 Å². The summed E-state index contributed by atoms with van der Waals surface area (Å²) in [4.78, 5) is 15.8. The summed E-state index contributed by atoms with van der Waals surface area (Å²) in [5.74, 6) is 2.61. The molecule has 2 aliphatic carbocycles. The number of fused-ring (bicyclic) bond motifs is 2. The van der Waals surface area contributed by atoms with Gasteiger partial charge in [0.05, 0.1) is 10.3 Å². The molecule has 4 heteroatoms. The Morgan fingerprint density at radius 3 is 2.88 bits per heavy atom. The standard InChI is InChI=1S/C13H19NO2S/c15-4-3-11-13(16)14-12(17-11)7-10-6-8-1-2-9(10)5-8/h8-11,15H,1-7H2. The van der Waals surface area contributed by atoms with Crippen molar-refractivity contribution in [2.45, 2.75) is 43.8 Å². The molecule has 4 unspecified atom stereocenters. The van der Waals surface area contributed by atoms with Gasteiger partial charge in [-0.1, -0.05) is 18.2 Å². The third-order valence-corrected chi connectivity index (χ3v) is 5.75. The molecule has 3 rings (SSSR count). The number of hydrogen-bond acceptors (Lipinski definition) is 3. The van der Waals surface area contributed by atoms with Crippen molar-refractivity contribution in [3.05, 3.63) is 0 Å². The third-order valence-electron chi connectivity index (χ3n) is 4.50. The first-order valence-electron chi connectivity index (χ1n) is 6.65. The van der Waals surface area contributed by atoms with Crippen LogP contribution in [0.3, 0.4) is 0 Å². The average molecular weight is 253 g/mol. The fraction of sp³-hybridized carbons (Fsp3) is 0.846. The summed E-state index contributed by atoms with van der Waals surface area (Å²) in [7, 11) is 0. The van der Waals surface area contributed by atoms with E-state index in [1.807, 2.05) is 0 Å². The van der Waals surface area contributed by atoms with Gasteiger partial charge in [-0.25, -0.2) is 4.99 Å². The van der Waals surface area contributed by atoms with Crippen molar-refractivity contribution >= 4 is 22.7 Å². The molecule has 1 aliphatic heterocycles. The molecule has 0 aromatic carbocycles. The van der Waals surface area contributed by atoms with Gasteiger partial charge in [0, 0.05) is 6.61 Å². The van der Waals surface area contributed by atoms with Gasteiger partial charge in [-0.2, -0.15) is 0 Å². The van der Waals surface area contributed by atoms with Crippen molar-refractivity contribution in [2.24, 2.45) is 22.7 Å². The lowest BCUT2D eigenvalue weighted by Crippen LogP contribution is -2.14. The molecular formula is C13H19NO2S. The van der Waals surface area contributed by atoms with Crippen LogP contribution in [-0.4, -0.2) is 27.9 Å². The van der Waals surface area contributed by atoms with Gasteiger partial charge in [0.2, 0.25) is 0 Å². The minimum Gasteiger partial charge on any atom is -0.396 e. The number of aliphatic imine (C=N–C) groups is 1. The van der Waals surface area contributed by atoms with E-state index >= 15 is 0 Å². The van der Waals surface area contributed by atoms with Gasteiger partial charge < -0.3 is 5.11 Å². The highest BCUT2D eigenvalue weighted by atomic mass is 32.2. The maximum atomic E-state index is 11.6. The third kappa shape index (κ3) is 2.29. The first-order valence-corrected chi connectivity index (χ1v) is 7.53. The zero-order chi connectivity index (χ0) is 11.8. The molecule has 1 N–H and O–H groups in total. The first kappa shape index (κ1) is 11.7. The summed E-state index contributed by atoms with van der Waals surface area (Å²) in [5.41, 5.74) is 0. The van der Waals surface area contributed by atoms with Crippen LogP contribution in [0, 0.1) is 17.8 Å². The van der Waals surface area contributed by atoms with E-state index in [1.165, 1.54) is 25.7 Å². The highest BCUT2D eigenvalue weighted by Gasteiger charge is 2.41. The van der Waals surface area contributed by atoms with E-state index in [4.69, 9.17) is 5.11 Å². The number of thioether (sulfide) groups is 1. The Morgan fingerprint density at radius 2 is 2.24 bits per heavy atom. The molecule has 0 aromatic heterocycles. The summed E-state index contributed by atoms with van der Waals surface area (Å²) in [6.45, 7) is 0.0837. The second-order valence-electron chi connectivity index (χ2n) is 5.60. The molecule has 3 aliphatic rings. The van der Waals surface area contributed by atoms with E-state index in [9.17, 15) is 4.79 Å². The smallest absolute Gasteiger partial charge is 0.260 e. The lowest BCUT2D eigenvalue weighted by Gasteiger charge is -2.21. The zero-order valence-electron chi connectivity index (χ0n) is 9.97.